The summed E-state index contributed by atoms with van der Waals surface area (Å²) < 4.78 is 0. The summed E-state index contributed by atoms with van der Waals surface area (Å²) in [6.45, 7) is 2.47. The Balaban J connectivity index is 1.56. The van der Waals surface area contributed by atoms with Gasteiger partial charge in [-0.3, -0.25) is 4.79 Å². The number of anilines is 2. The molecule has 2 aromatic rings. The molecule has 23 heavy (non-hydrogen) atoms. The van der Waals surface area contributed by atoms with Gasteiger partial charge in [0.1, 0.15) is 6.54 Å². The summed E-state index contributed by atoms with van der Waals surface area (Å²) >= 11 is 0. The number of amides is 1. The van der Waals surface area contributed by atoms with Gasteiger partial charge in [-0.05, 0) is 29.8 Å². The van der Waals surface area contributed by atoms with Crippen LogP contribution in [0, 0.1) is 0 Å². The van der Waals surface area contributed by atoms with E-state index in [4.69, 9.17) is 0 Å². The highest BCUT2D eigenvalue weighted by atomic mass is 16.2. The lowest BCUT2D eigenvalue weighted by molar-refractivity contribution is -0.907. The van der Waals surface area contributed by atoms with Crippen LogP contribution in [0.1, 0.15) is 11.1 Å². The molecule has 120 valence electrons. The Morgan fingerprint density at radius 2 is 1.78 bits per heavy atom. The van der Waals surface area contributed by atoms with Crippen molar-refractivity contribution in [3.8, 4) is 0 Å². The fourth-order valence-corrected chi connectivity index (χ4v) is 3.07. The second-order valence-corrected chi connectivity index (χ2v) is 6.36. The standard InChI is InChI=1S/C19H23N3O/c1-21(2)18-9-7-17(8-10-18)20-19(23)14-22-12-11-15-5-3-4-6-16(15)13-22/h3-10H,11-14H2,1-2H3,(H,20,23)/p+1. The van der Waals surface area contributed by atoms with Crippen LogP contribution in [0.4, 0.5) is 11.4 Å². The zero-order valence-electron chi connectivity index (χ0n) is 13.8. The summed E-state index contributed by atoms with van der Waals surface area (Å²) in [6.07, 6.45) is 1.05. The fourth-order valence-electron chi connectivity index (χ4n) is 3.07. The second-order valence-electron chi connectivity index (χ2n) is 6.36. The highest BCUT2D eigenvalue weighted by molar-refractivity contribution is 5.91. The third kappa shape index (κ3) is 3.90. The summed E-state index contributed by atoms with van der Waals surface area (Å²) in [7, 11) is 4.01. The zero-order valence-corrected chi connectivity index (χ0v) is 13.8. The number of nitrogens with zero attached hydrogens (tertiary/aromatic N) is 1. The molecule has 1 aliphatic heterocycles. The van der Waals surface area contributed by atoms with Gasteiger partial charge >= 0.3 is 0 Å². The van der Waals surface area contributed by atoms with Gasteiger partial charge in [-0.15, -0.1) is 0 Å². The average Bonchev–Trinajstić information content (AvgIpc) is 2.55. The normalized spacial score (nSPS) is 16.5. The number of benzene rings is 2. The van der Waals surface area contributed by atoms with Crippen molar-refractivity contribution >= 4 is 17.3 Å². The number of carbonyl (C=O) groups is 1. The number of carbonyl (C=O) groups excluding carboxylic acids is 1. The molecule has 1 aliphatic rings. The predicted octanol–water partition coefficient (Wildman–Crippen LogP) is 1.33. The van der Waals surface area contributed by atoms with Crippen molar-refractivity contribution in [2.24, 2.45) is 0 Å². The Labute approximate surface area is 137 Å². The van der Waals surface area contributed by atoms with Crippen molar-refractivity contribution in [2.45, 2.75) is 13.0 Å². The van der Waals surface area contributed by atoms with Crippen molar-refractivity contribution in [2.75, 3.05) is 37.4 Å². The minimum atomic E-state index is 0.0805. The van der Waals surface area contributed by atoms with E-state index in [1.165, 1.54) is 16.0 Å². The van der Waals surface area contributed by atoms with Gasteiger partial charge in [0.25, 0.3) is 5.91 Å². The molecule has 2 N–H and O–H groups in total. The van der Waals surface area contributed by atoms with Gasteiger partial charge in [-0.1, -0.05) is 24.3 Å². The second kappa shape index (κ2) is 6.84. The number of nitrogens with one attached hydrogen (secondary N) is 2. The Morgan fingerprint density at radius 1 is 1.09 bits per heavy atom. The van der Waals surface area contributed by atoms with E-state index in [2.05, 4.69) is 29.6 Å². The lowest BCUT2D eigenvalue weighted by Gasteiger charge is -2.25. The first-order valence-corrected chi connectivity index (χ1v) is 8.09. The van der Waals surface area contributed by atoms with E-state index < -0.39 is 0 Å². The van der Waals surface area contributed by atoms with Gasteiger partial charge in [0.2, 0.25) is 0 Å². The number of hydrogen-bond acceptors (Lipinski definition) is 2. The van der Waals surface area contributed by atoms with E-state index in [0.29, 0.717) is 6.54 Å². The van der Waals surface area contributed by atoms with Crippen LogP contribution in [0.25, 0.3) is 0 Å². The first kappa shape index (κ1) is 15.6. The third-order valence-corrected chi connectivity index (χ3v) is 4.38. The molecular formula is C19H24N3O+. The summed E-state index contributed by atoms with van der Waals surface area (Å²) in [5.74, 6) is 0.0805. The Morgan fingerprint density at radius 3 is 2.48 bits per heavy atom. The molecule has 3 rings (SSSR count). The highest BCUT2D eigenvalue weighted by Crippen LogP contribution is 2.15. The molecule has 0 fully saturated rings. The van der Waals surface area contributed by atoms with E-state index in [0.717, 1.165) is 30.9 Å². The first-order valence-electron chi connectivity index (χ1n) is 8.09. The quantitative estimate of drug-likeness (QED) is 0.894. The molecule has 4 nitrogen and oxygen atoms in total. The predicted molar refractivity (Wildman–Crippen MR) is 93.9 cm³/mol. The summed E-state index contributed by atoms with van der Waals surface area (Å²) in [4.78, 5) is 15.6. The number of quaternary nitrogens is 1. The molecule has 0 spiro atoms. The van der Waals surface area contributed by atoms with Crippen LogP contribution in [-0.4, -0.2) is 33.1 Å². The average molecular weight is 310 g/mol. The molecule has 1 unspecified atom stereocenters. The van der Waals surface area contributed by atoms with Crippen molar-refractivity contribution in [1.29, 1.82) is 0 Å². The van der Waals surface area contributed by atoms with E-state index in [9.17, 15) is 4.79 Å². The van der Waals surface area contributed by atoms with Crippen molar-refractivity contribution in [3.05, 3.63) is 59.7 Å². The number of hydrogen-bond donors (Lipinski definition) is 2. The summed E-state index contributed by atoms with van der Waals surface area (Å²) in [5.41, 5.74) is 4.78. The molecule has 0 aromatic heterocycles. The van der Waals surface area contributed by atoms with Gasteiger partial charge in [0.15, 0.2) is 6.54 Å². The maximum absolute atomic E-state index is 12.3. The van der Waals surface area contributed by atoms with Gasteiger partial charge in [-0.25, -0.2) is 0 Å². The van der Waals surface area contributed by atoms with Crippen molar-refractivity contribution in [3.63, 3.8) is 0 Å². The Hall–Kier alpha value is -2.33. The van der Waals surface area contributed by atoms with Gasteiger partial charge < -0.3 is 15.1 Å². The van der Waals surface area contributed by atoms with Crippen molar-refractivity contribution < 1.29 is 9.69 Å². The van der Waals surface area contributed by atoms with Crippen LogP contribution < -0.4 is 15.1 Å². The van der Waals surface area contributed by atoms with Crippen LogP contribution in [0.15, 0.2) is 48.5 Å². The number of fused-ring (bicyclic) bond motifs is 1. The Kier molecular flexibility index (Phi) is 4.63. The molecule has 0 saturated carbocycles. The lowest BCUT2D eigenvalue weighted by Crippen LogP contribution is -3.12. The molecule has 1 heterocycles. The van der Waals surface area contributed by atoms with Crippen molar-refractivity contribution in [1.82, 2.24) is 0 Å². The van der Waals surface area contributed by atoms with Gasteiger partial charge in [-0.2, -0.15) is 0 Å². The number of rotatable bonds is 4. The van der Waals surface area contributed by atoms with Gasteiger partial charge in [0, 0.05) is 37.5 Å². The third-order valence-electron chi connectivity index (χ3n) is 4.38. The van der Waals surface area contributed by atoms with E-state index in [1.807, 2.05) is 43.3 Å². The topological polar surface area (TPSA) is 36.8 Å². The van der Waals surface area contributed by atoms with Crippen LogP contribution in [0.2, 0.25) is 0 Å². The van der Waals surface area contributed by atoms with Crippen LogP contribution in [0.3, 0.4) is 0 Å². The molecule has 1 amide bonds. The minimum absolute atomic E-state index is 0.0805. The molecule has 0 radical (unpaired) electrons. The summed E-state index contributed by atoms with van der Waals surface area (Å²) in [5, 5.41) is 3.00. The molecule has 0 aliphatic carbocycles. The molecule has 0 saturated heterocycles. The summed E-state index contributed by atoms with van der Waals surface area (Å²) in [6, 6.07) is 16.5. The smallest absolute Gasteiger partial charge is 0.279 e. The Bertz CT molecular complexity index is 679. The fraction of sp³-hybridized carbons (Fsp3) is 0.316. The largest absolute Gasteiger partial charge is 0.378 e. The first-order chi connectivity index (χ1) is 11.1. The molecule has 4 heteroatoms. The van der Waals surface area contributed by atoms with Crippen LogP contribution >= 0.6 is 0 Å². The molecule has 2 aromatic carbocycles. The van der Waals surface area contributed by atoms with E-state index in [1.54, 1.807) is 0 Å². The van der Waals surface area contributed by atoms with Crippen LogP contribution in [-0.2, 0) is 17.8 Å². The van der Waals surface area contributed by atoms with Gasteiger partial charge in [0.05, 0.1) is 6.54 Å². The van der Waals surface area contributed by atoms with E-state index >= 15 is 0 Å². The zero-order chi connectivity index (χ0) is 16.2. The SMILES string of the molecule is CN(C)c1ccc(NC(=O)C[NH+]2CCc3ccccc3C2)cc1. The van der Waals surface area contributed by atoms with Crippen LogP contribution in [0.5, 0.6) is 0 Å². The van der Waals surface area contributed by atoms with E-state index in [-0.39, 0.29) is 5.91 Å². The minimum Gasteiger partial charge on any atom is -0.378 e. The molecular weight excluding hydrogens is 286 g/mol. The monoisotopic (exact) mass is 310 g/mol. The molecule has 0 bridgehead atoms. The maximum Gasteiger partial charge on any atom is 0.279 e. The lowest BCUT2D eigenvalue weighted by atomic mass is 10.00. The maximum atomic E-state index is 12.3. The molecule has 1 atom stereocenters. The highest BCUT2D eigenvalue weighted by Gasteiger charge is 2.21.